The van der Waals surface area contributed by atoms with Gasteiger partial charge in [-0.15, -0.1) is 0 Å². The minimum Gasteiger partial charge on any atom is -0.292 e. The van der Waals surface area contributed by atoms with Crippen molar-refractivity contribution in [3.8, 4) is 0 Å². The fourth-order valence-electron chi connectivity index (χ4n) is 1.48. The van der Waals surface area contributed by atoms with Crippen LogP contribution >= 0.6 is 0 Å². The summed E-state index contributed by atoms with van der Waals surface area (Å²) in [6, 6.07) is 0. The summed E-state index contributed by atoms with van der Waals surface area (Å²) in [5.41, 5.74) is -0.0695. The highest BCUT2D eigenvalue weighted by Crippen LogP contribution is 2.32. The molecule has 0 bridgehead atoms. The van der Waals surface area contributed by atoms with Crippen LogP contribution in [0.3, 0.4) is 0 Å². The second kappa shape index (κ2) is 2.95. The minimum atomic E-state index is -2.45. The molecule has 0 radical (unpaired) electrons. The first-order valence-electron chi connectivity index (χ1n) is 4.50. The molecule has 0 aromatic heterocycles. The topological polar surface area (TPSA) is 3.24 Å². The number of hydrogen-bond acceptors (Lipinski definition) is 1. The van der Waals surface area contributed by atoms with E-state index in [1.807, 2.05) is 25.7 Å². The van der Waals surface area contributed by atoms with Gasteiger partial charge in [0, 0.05) is 18.5 Å². The summed E-state index contributed by atoms with van der Waals surface area (Å²) in [5, 5.41) is 0. The van der Waals surface area contributed by atoms with Gasteiger partial charge in [0.05, 0.1) is 6.54 Å². The van der Waals surface area contributed by atoms with Crippen molar-refractivity contribution in [2.24, 2.45) is 0 Å². The third-order valence-corrected chi connectivity index (χ3v) is 2.89. The van der Waals surface area contributed by atoms with E-state index in [0.29, 0.717) is 6.54 Å². The van der Waals surface area contributed by atoms with Gasteiger partial charge in [-0.25, -0.2) is 8.78 Å². The van der Waals surface area contributed by atoms with Gasteiger partial charge in [0.15, 0.2) is 0 Å². The van der Waals surface area contributed by atoms with E-state index in [2.05, 4.69) is 0 Å². The Morgan fingerprint density at radius 3 is 2.33 bits per heavy atom. The van der Waals surface area contributed by atoms with E-state index in [-0.39, 0.29) is 18.5 Å². The van der Waals surface area contributed by atoms with Crippen molar-refractivity contribution < 1.29 is 8.78 Å². The molecule has 0 aromatic carbocycles. The first-order valence-corrected chi connectivity index (χ1v) is 4.50. The zero-order valence-electron chi connectivity index (χ0n) is 8.03. The first kappa shape index (κ1) is 9.90. The van der Waals surface area contributed by atoms with Gasteiger partial charge in [-0.3, -0.25) is 4.90 Å². The normalized spacial score (nSPS) is 24.8. The van der Waals surface area contributed by atoms with Crippen LogP contribution in [0.25, 0.3) is 0 Å². The maximum atomic E-state index is 12.8. The van der Waals surface area contributed by atoms with Crippen LogP contribution < -0.4 is 0 Å². The molecule has 1 aliphatic heterocycles. The van der Waals surface area contributed by atoms with Gasteiger partial charge < -0.3 is 0 Å². The molecule has 0 N–H and O–H groups in total. The molecule has 0 saturated carbocycles. The zero-order chi connectivity index (χ0) is 9.41. The molecule has 0 amide bonds. The molecule has 0 spiro atoms. The molecule has 0 aliphatic carbocycles. The average molecular weight is 177 g/mol. The van der Waals surface area contributed by atoms with Crippen LogP contribution in [-0.4, -0.2) is 29.5 Å². The molecule has 0 atom stereocenters. The Morgan fingerprint density at radius 1 is 1.42 bits per heavy atom. The van der Waals surface area contributed by atoms with E-state index in [9.17, 15) is 8.78 Å². The van der Waals surface area contributed by atoms with Crippen molar-refractivity contribution in [1.29, 1.82) is 0 Å². The SMILES string of the molecule is CCC(C)(C)N1CCC(F)(F)C1. The highest BCUT2D eigenvalue weighted by molar-refractivity contribution is 4.90. The standard InChI is InChI=1S/C9H17F2N/c1-4-8(2,3)12-6-5-9(10,11)7-12/h4-7H2,1-3H3. The van der Waals surface area contributed by atoms with Gasteiger partial charge in [0.1, 0.15) is 0 Å². The minimum absolute atomic E-state index is 0.0242. The molecule has 1 fully saturated rings. The fourth-order valence-corrected chi connectivity index (χ4v) is 1.48. The lowest BCUT2D eigenvalue weighted by molar-refractivity contribution is -0.000738. The van der Waals surface area contributed by atoms with Gasteiger partial charge in [0.25, 0.3) is 5.92 Å². The number of likely N-dealkylation sites (tertiary alicyclic amines) is 1. The molecule has 0 unspecified atom stereocenters. The molecule has 12 heavy (non-hydrogen) atoms. The van der Waals surface area contributed by atoms with Crippen molar-refractivity contribution in [3.63, 3.8) is 0 Å². The number of halogens is 2. The van der Waals surface area contributed by atoms with Crippen LogP contribution in [-0.2, 0) is 0 Å². The Hall–Kier alpha value is -0.180. The van der Waals surface area contributed by atoms with Crippen LogP contribution in [0.15, 0.2) is 0 Å². The number of alkyl halides is 2. The van der Waals surface area contributed by atoms with Crippen LogP contribution in [0.4, 0.5) is 8.78 Å². The molecular weight excluding hydrogens is 160 g/mol. The first-order chi connectivity index (χ1) is 5.37. The van der Waals surface area contributed by atoms with Gasteiger partial charge in [-0.2, -0.15) is 0 Å². The predicted octanol–water partition coefficient (Wildman–Crippen LogP) is 2.52. The van der Waals surface area contributed by atoms with Crippen molar-refractivity contribution in [2.75, 3.05) is 13.1 Å². The maximum absolute atomic E-state index is 12.8. The van der Waals surface area contributed by atoms with Gasteiger partial charge in [-0.05, 0) is 20.3 Å². The van der Waals surface area contributed by atoms with Crippen molar-refractivity contribution >= 4 is 0 Å². The smallest absolute Gasteiger partial charge is 0.261 e. The lowest BCUT2D eigenvalue weighted by Gasteiger charge is -2.34. The fraction of sp³-hybridized carbons (Fsp3) is 1.00. The summed E-state index contributed by atoms with van der Waals surface area (Å²) >= 11 is 0. The lowest BCUT2D eigenvalue weighted by Crippen LogP contribution is -2.42. The van der Waals surface area contributed by atoms with Gasteiger partial charge >= 0.3 is 0 Å². The van der Waals surface area contributed by atoms with Crippen LogP contribution in [0.1, 0.15) is 33.6 Å². The summed E-state index contributed by atoms with van der Waals surface area (Å²) in [5.74, 6) is -2.45. The quantitative estimate of drug-likeness (QED) is 0.626. The molecule has 1 aliphatic rings. The van der Waals surface area contributed by atoms with E-state index in [1.54, 1.807) is 0 Å². The summed E-state index contributed by atoms with van der Waals surface area (Å²) in [7, 11) is 0. The number of rotatable bonds is 2. The van der Waals surface area contributed by atoms with Gasteiger partial charge in [-0.1, -0.05) is 6.92 Å². The Labute approximate surface area is 72.7 Å². The van der Waals surface area contributed by atoms with E-state index in [0.717, 1.165) is 6.42 Å². The third kappa shape index (κ3) is 1.94. The van der Waals surface area contributed by atoms with Crippen molar-refractivity contribution in [2.45, 2.75) is 45.1 Å². The monoisotopic (exact) mass is 177 g/mol. The van der Waals surface area contributed by atoms with Crippen LogP contribution in [0, 0.1) is 0 Å². The Morgan fingerprint density at radius 2 is 2.00 bits per heavy atom. The Kier molecular flexibility index (Phi) is 2.43. The van der Waals surface area contributed by atoms with Crippen molar-refractivity contribution in [1.82, 2.24) is 4.90 Å². The summed E-state index contributed by atoms with van der Waals surface area (Å²) in [6.45, 7) is 6.56. The molecule has 1 nitrogen and oxygen atoms in total. The van der Waals surface area contributed by atoms with E-state index in [4.69, 9.17) is 0 Å². The number of hydrogen-bond donors (Lipinski definition) is 0. The second-order valence-electron chi connectivity index (χ2n) is 4.19. The molecule has 1 heterocycles. The zero-order valence-corrected chi connectivity index (χ0v) is 8.03. The highest BCUT2D eigenvalue weighted by Gasteiger charge is 2.42. The maximum Gasteiger partial charge on any atom is 0.261 e. The Balaban J connectivity index is 2.58. The van der Waals surface area contributed by atoms with E-state index >= 15 is 0 Å². The molecule has 1 rings (SSSR count). The largest absolute Gasteiger partial charge is 0.292 e. The summed E-state index contributed by atoms with van der Waals surface area (Å²) in [6.07, 6.45) is 0.944. The third-order valence-electron chi connectivity index (χ3n) is 2.89. The molecule has 72 valence electrons. The lowest BCUT2D eigenvalue weighted by atomic mass is 10.0. The van der Waals surface area contributed by atoms with Crippen molar-refractivity contribution in [3.05, 3.63) is 0 Å². The summed E-state index contributed by atoms with van der Waals surface area (Å²) < 4.78 is 25.6. The van der Waals surface area contributed by atoms with E-state index < -0.39 is 5.92 Å². The van der Waals surface area contributed by atoms with Crippen LogP contribution in [0.5, 0.6) is 0 Å². The molecular formula is C9H17F2N. The Bertz CT molecular complexity index is 166. The summed E-state index contributed by atoms with van der Waals surface area (Å²) in [4.78, 5) is 1.88. The average Bonchev–Trinajstić information content (AvgIpc) is 2.31. The second-order valence-corrected chi connectivity index (χ2v) is 4.19. The predicted molar refractivity (Wildman–Crippen MR) is 45.5 cm³/mol. The van der Waals surface area contributed by atoms with Gasteiger partial charge in [0.2, 0.25) is 0 Å². The van der Waals surface area contributed by atoms with E-state index in [1.165, 1.54) is 0 Å². The highest BCUT2D eigenvalue weighted by atomic mass is 19.3. The van der Waals surface area contributed by atoms with Crippen LogP contribution in [0.2, 0.25) is 0 Å². The molecule has 3 heteroatoms. The number of nitrogens with zero attached hydrogens (tertiary/aromatic N) is 1. The molecule has 1 saturated heterocycles. The molecule has 0 aromatic rings.